The molecule has 0 amide bonds. The van der Waals surface area contributed by atoms with E-state index >= 15 is 0 Å². The fourth-order valence-corrected chi connectivity index (χ4v) is 3.18. The van der Waals surface area contributed by atoms with Gasteiger partial charge < -0.3 is 10.3 Å². The molecule has 1 aromatic heterocycles. The molecule has 0 unspecified atom stereocenters. The van der Waals surface area contributed by atoms with Crippen LogP contribution < -0.4 is 5.73 Å². The van der Waals surface area contributed by atoms with Crippen molar-refractivity contribution in [2.75, 3.05) is 6.54 Å². The molecule has 0 spiro atoms. The highest BCUT2D eigenvalue weighted by atomic mass is 15.1. The average molecular weight is 257 g/mol. The standard InChI is InChI=1S/C16H23N3/c1-15(2,3)19-13-8-5-4-7-12(13)18-14(19)16(11-17)9-6-10-16/h4-5,7-8H,6,9-11,17H2,1-3H3. The number of nitrogens with two attached hydrogens (primary N) is 1. The SMILES string of the molecule is CC(C)(C)n1c(C2(CN)CCC2)nc2ccccc21. The van der Waals surface area contributed by atoms with E-state index in [1.807, 2.05) is 0 Å². The van der Waals surface area contributed by atoms with E-state index in [0.717, 1.165) is 5.52 Å². The van der Waals surface area contributed by atoms with Crippen LogP contribution in [0.3, 0.4) is 0 Å². The second-order valence-electron chi connectivity index (χ2n) is 6.77. The Bertz CT molecular complexity index is 594. The van der Waals surface area contributed by atoms with Crippen LogP contribution in [0.4, 0.5) is 0 Å². The summed E-state index contributed by atoms with van der Waals surface area (Å²) in [6.45, 7) is 7.43. The Labute approximate surface area is 114 Å². The van der Waals surface area contributed by atoms with Crippen LogP contribution in [0, 0.1) is 0 Å². The summed E-state index contributed by atoms with van der Waals surface area (Å²) in [6, 6.07) is 8.41. The van der Waals surface area contributed by atoms with Gasteiger partial charge in [-0.2, -0.15) is 0 Å². The zero-order valence-corrected chi connectivity index (χ0v) is 12.1. The van der Waals surface area contributed by atoms with Gasteiger partial charge in [0.15, 0.2) is 0 Å². The number of hydrogen-bond acceptors (Lipinski definition) is 2. The van der Waals surface area contributed by atoms with Crippen LogP contribution in [0.15, 0.2) is 24.3 Å². The van der Waals surface area contributed by atoms with Gasteiger partial charge in [-0.25, -0.2) is 4.98 Å². The molecule has 3 rings (SSSR count). The number of imidazole rings is 1. The highest BCUT2D eigenvalue weighted by molar-refractivity contribution is 5.76. The summed E-state index contributed by atoms with van der Waals surface area (Å²) < 4.78 is 2.40. The molecule has 1 heterocycles. The zero-order valence-electron chi connectivity index (χ0n) is 12.1. The maximum absolute atomic E-state index is 6.08. The Morgan fingerprint density at radius 2 is 1.95 bits per heavy atom. The maximum atomic E-state index is 6.08. The van der Waals surface area contributed by atoms with Crippen LogP contribution >= 0.6 is 0 Å². The van der Waals surface area contributed by atoms with Crippen molar-refractivity contribution in [3.8, 4) is 0 Å². The van der Waals surface area contributed by atoms with E-state index in [1.165, 1.54) is 30.6 Å². The minimum absolute atomic E-state index is 0.0309. The number of hydrogen-bond donors (Lipinski definition) is 1. The highest BCUT2D eigenvalue weighted by Gasteiger charge is 2.43. The smallest absolute Gasteiger partial charge is 0.117 e. The minimum Gasteiger partial charge on any atom is -0.329 e. The number of nitrogens with zero attached hydrogens (tertiary/aromatic N) is 2. The van der Waals surface area contributed by atoms with Crippen LogP contribution in [-0.2, 0) is 11.0 Å². The number of rotatable bonds is 2. The number of benzene rings is 1. The van der Waals surface area contributed by atoms with E-state index in [9.17, 15) is 0 Å². The minimum atomic E-state index is 0.0309. The van der Waals surface area contributed by atoms with Crippen molar-refractivity contribution < 1.29 is 0 Å². The van der Waals surface area contributed by atoms with Crippen LogP contribution in [-0.4, -0.2) is 16.1 Å². The largest absolute Gasteiger partial charge is 0.329 e. The van der Waals surface area contributed by atoms with Crippen molar-refractivity contribution in [2.45, 2.75) is 51.0 Å². The molecule has 1 aromatic carbocycles. The molecule has 3 nitrogen and oxygen atoms in total. The molecule has 2 aromatic rings. The topological polar surface area (TPSA) is 43.8 Å². The predicted molar refractivity (Wildman–Crippen MR) is 79.3 cm³/mol. The third kappa shape index (κ3) is 1.79. The molecular weight excluding hydrogens is 234 g/mol. The van der Waals surface area contributed by atoms with Gasteiger partial charge in [-0.15, -0.1) is 0 Å². The van der Waals surface area contributed by atoms with Crippen LogP contribution in [0.2, 0.25) is 0 Å². The molecule has 1 aliphatic carbocycles. The van der Waals surface area contributed by atoms with Crippen molar-refractivity contribution in [2.24, 2.45) is 5.73 Å². The monoisotopic (exact) mass is 257 g/mol. The Hall–Kier alpha value is -1.35. The molecule has 102 valence electrons. The summed E-state index contributed by atoms with van der Waals surface area (Å²) in [7, 11) is 0. The van der Waals surface area contributed by atoms with E-state index in [1.54, 1.807) is 0 Å². The number of fused-ring (bicyclic) bond motifs is 1. The third-order valence-electron chi connectivity index (χ3n) is 4.41. The molecule has 0 atom stereocenters. The molecule has 0 bridgehead atoms. The van der Waals surface area contributed by atoms with E-state index in [0.29, 0.717) is 6.54 Å². The lowest BCUT2D eigenvalue weighted by Crippen LogP contribution is -2.45. The Balaban J connectivity index is 2.29. The second kappa shape index (κ2) is 4.07. The van der Waals surface area contributed by atoms with E-state index < -0.39 is 0 Å². The summed E-state index contributed by atoms with van der Waals surface area (Å²) >= 11 is 0. The number of para-hydroxylation sites is 2. The molecule has 1 fully saturated rings. The molecule has 19 heavy (non-hydrogen) atoms. The summed E-state index contributed by atoms with van der Waals surface area (Å²) in [4.78, 5) is 4.93. The summed E-state index contributed by atoms with van der Waals surface area (Å²) in [5.41, 5.74) is 8.53. The molecule has 1 saturated carbocycles. The molecule has 2 N–H and O–H groups in total. The van der Waals surface area contributed by atoms with Gasteiger partial charge in [0, 0.05) is 17.5 Å². The van der Waals surface area contributed by atoms with Crippen molar-refractivity contribution in [1.82, 2.24) is 9.55 Å². The van der Waals surface area contributed by atoms with E-state index in [4.69, 9.17) is 10.7 Å². The van der Waals surface area contributed by atoms with Crippen molar-refractivity contribution >= 4 is 11.0 Å². The van der Waals surface area contributed by atoms with Crippen molar-refractivity contribution in [3.63, 3.8) is 0 Å². The normalized spacial score (nSPS) is 18.5. The van der Waals surface area contributed by atoms with Gasteiger partial charge in [-0.3, -0.25) is 0 Å². The quantitative estimate of drug-likeness (QED) is 0.898. The van der Waals surface area contributed by atoms with Crippen LogP contribution in [0.5, 0.6) is 0 Å². The Kier molecular flexibility index (Phi) is 2.72. The van der Waals surface area contributed by atoms with Gasteiger partial charge in [0.2, 0.25) is 0 Å². The maximum Gasteiger partial charge on any atom is 0.117 e. The summed E-state index contributed by atoms with van der Waals surface area (Å²) in [5.74, 6) is 1.19. The third-order valence-corrected chi connectivity index (χ3v) is 4.41. The van der Waals surface area contributed by atoms with Gasteiger partial charge in [0.1, 0.15) is 5.82 Å². The van der Waals surface area contributed by atoms with Gasteiger partial charge in [0.25, 0.3) is 0 Å². The Morgan fingerprint density at radius 1 is 1.26 bits per heavy atom. The Morgan fingerprint density at radius 3 is 2.47 bits per heavy atom. The first-order chi connectivity index (χ1) is 8.98. The fourth-order valence-electron chi connectivity index (χ4n) is 3.18. The molecule has 1 aliphatic rings. The van der Waals surface area contributed by atoms with Gasteiger partial charge in [-0.1, -0.05) is 18.6 Å². The first kappa shape index (κ1) is 12.7. The zero-order chi connectivity index (χ0) is 13.7. The molecule has 3 heteroatoms. The summed E-state index contributed by atoms with van der Waals surface area (Å²) in [6.07, 6.45) is 3.61. The lowest BCUT2D eigenvalue weighted by molar-refractivity contribution is 0.216. The lowest BCUT2D eigenvalue weighted by atomic mass is 9.68. The van der Waals surface area contributed by atoms with E-state index in [-0.39, 0.29) is 11.0 Å². The van der Waals surface area contributed by atoms with Crippen LogP contribution in [0.25, 0.3) is 11.0 Å². The van der Waals surface area contributed by atoms with Crippen molar-refractivity contribution in [3.05, 3.63) is 30.1 Å². The van der Waals surface area contributed by atoms with Crippen LogP contribution in [0.1, 0.15) is 45.9 Å². The van der Waals surface area contributed by atoms with Gasteiger partial charge in [0.05, 0.1) is 11.0 Å². The first-order valence-electron chi connectivity index (χ1n) is 7.16. The molecule has 0 aliphatic heterocycles. The average Bonchev–Trinajstić information content (AvgIpc) is 2.67. The lowest BCUT2D eigenvalue weighted by Gasteiger charge is -2.42. The molecule has 0 radical (unpaired) electrons. The van der Waals surface area contributed by atoms with Gasteiger partial charge >= 0.3 is 0 Å². The predicted octanol–water partition coefficient (Wildman–Crippen LogP) is 3.17. The summed E-state index contributed by atoms with van der Waals surface area (Å²) in [5, 5.41) is 0. The second-order valence-corrected chi connectivity index (χ2v) is 6.77. The fraction of sp³-hybridized carbons (Fsp3) is 0.562. The van der Waals surface area contributed by atoms with Gasteiger partial charge in [-0.05, 0) is 45.7 Å². The highest BCUT2D eigenvalue weighted by Crippen LogP contribution is 2.44. The molecular formula is C16H23N3. The first-order valence-corrected chi connectivity index (χ1v) is 7.16. The number of aromatic nitrogens is 2. The van der Waals surface area contributed by atoms with Crippen molar-refractivity contribution in [1.29, 1.82) is 0 Å². The van der Waals surface area contributed by atoms with E-state index in [2.05, 4.69) is 49.6 Å². The molecule has 0 saturated heterocycles.